The fourth-order valence-corrected chi connectivity index (χ4v) is 3.81. The Morgan fingerprint density at radius 3 is 2.80 bits per heavy atom. The van der Waals surface area contributed by atoms with E-state index in [0.29, 0.717) is 16.5 Å². The van der Waals surface area contributed by atoms with E-state index in [2.05, 4.69) is 4.98 Å². The molecule has 122 valence electrons. The molecule has 0 unspecified atom stereocenters. The molecule has 0 saturated carbocycles. The third kappa shape index (κ3) is 1.47. The van der Waals surface area contributed by atoms with Crippen LogP contribution in [0.3, 0.4) is 0 Å². The number of nitrogens with zero attached hydrogens (tertiary/aromatic N) is 3. The Kier molecular flexibility index (Phi) is 2.35. The summed E-state index contributed by atoms with van der Waals surface area (Å²) < 4.78 is 3.76. The number of phenolic OH excluding ortho intramolecular Hbond substituents is 1. The zero-order valence-electron chi connectivity index (χ0n) is 13.3. The first-order valence-corrected chi connectivity index (χ1v) is 7.76. The lowest BCUT2D eigenvalue weighted by atomic mass is 10.1. The quantitative estimate of drug-likeness (QED) is 0.245. The number of aromatic nitrogens is 3. The largest absolute Gasteiger partial charge is 0.508 e. The highest BCUT2D eigenvalue weighted by atomic mass is 16.3. The number of primary amides is 1. The van der Waals surface area contributed by atoms with Crippen LogP contribution in [0, 0.1) is 6.92 Å². The fourth-order valence-electron chi connectivity index (χ4n) is 3.81. The van der Waals surface area contributed by atoms with Gasteiger partial charge in [-0.3, -0.25) is 14.9 Å². The second-order valence-corrected chi connectivity index (χ2v) is 6.20. The lowest BCUT2D eigenvalue weighted by molar-refractivity contribution is -0.460. The van der Waals surface area contributed by atoms with Crippen molar-refractivity contribution in [3.05, 3.63) is 47.9 Å². The summed E-state index contributed by atoms with van der Waals surface area (Å²) in [7, 11) is 0. The van der Waals surface area contributed by atoms with E-state index in [-0.39, 0.29) is 17.1 Å². The van der Waals surface area contributed by atoms with E-state index in [1.807, 2.05) is 33.9 Å². The molecule has 3 heterocycles. The molecule has 5 rings (SSSR count). The van der Waals surface area contributed by atoms with Crippen molar-refractivity contribution >= 4 is 44.6 Å². The minimum atomic E-state index is -0.581. The van der Waals surface area contributed by atoms with Crippen LogP contribution in [0.15, 0.2) is 36.8 Å². The van der Waals surface area contributed by atoms with Crippen LogP contribution in [0.2, 0.25) is 0 Å². The predicted molar refractivity (Wildman–Crippen MR) is 93.9 cm³/mol. The number of aryl methyl sites for hydroxylation is 1. The second kappa shape index (κ2) is 4.27. The summed E-state index contributed by atoms with van der Waals surface area (Å²) in [6.07, 6.45) is 3.48. The van der Waals surface area contributed by atoms with Crippen molar-refractivity contribution in [2.24, 2.45) is 5.73 Å². The van der Waals surface area contributed by atoms with Crippen LogP contribution in [-0.4, -0.2) is 20.4 Å². The summed E-state index contributed by atoms with van der Waals surface area (Å²) in [5.74, 6) is -0.156. The number of amides is 1. The number of nitrogens with two attached hydrogens (primary N) is 2. The second-order valence-electron chi connectivity index (χ2n) is 6.20. The summed E-state index contributed by atoms with van der Waals surface area (Å²) in [6.45, 7) is 1.81. The maximum atomic E-state index is 12.0. The third-order valence-corrected chi connectivity index (χ3v) is 4.92. The Labute approximate surface area is 141 Å². The first-order chi connectivity index (χ1) is 12.0. The predicted octanol–water partition coefficient (Wildman–Crippen LogP) is 1.51. The van der Waals surface area contributed by atoms with Crippen molar-refractivity contribution in [1.82, 2.24) is 9.38 Å². The van der Waals surface area contributed by atoms with Gasteiger partial charge < -0.3 is 10.8 Å². The Hall–Kier alpha value is -3.61. The SMILES string of the molecule is Cc1c(O)ccc2c1[n+]1c(N)c(C(N)=O)c3ccc4cncn2c4c31. The number of benzene rings is 2. The molecule has 7 heteroatoms. The first kappa shape index (κ1) is 13.8. The van der Waals surface area contributed by atoms with E-state index >= 15 is 0 Å². The monoisotopic (exact) mass is 332 g/mol. The summed E-state index contributed by atoms with van der Waals surface area (Å²) in [5, 5.41) is 11.8. The van der Waals surface area contributed by atoms with Gasteiger partial charge >= 0.3 is 0 Å². The number of carbonyl (C=O) groups is 1. The minimum absolute atomic E-state index is 0.153. The summed E-state index contributed by atoms with van der Waals surface area (Å²) in [6, 6.07) is 7.18. The van der Waals surface area contributed by atoms with E-state index in [9.17, 15) is 9.90 Å². The maximum absolute atomic E-state index is 12.0. The Bertz CT molecular complexity index is 1350. The lowest BCUT2D eigenvalue weighted by Gasteiger charge is -2.12. The van der Waals surface area contributed by atoms with E-state index < -0.39 is 5.91 Å². The molecule has 25 heavy (non-hydrogen) atoms. The number of fused-ring (bicyclic) bond motifs is 3. The van der Waals surface area contributed by atoms with Gasteiger partial charge in [-0.2, -0.15) is 4.40 Å². The average molecular weight is 332 g/mol. The molecule has 0 atom stereocenters. The van der Waals surface area contributed by atoms with Crippen molar-refractivity contribution in [2.45, 2.75) is 6.92 Å². The van der Waals surface area contributed by atoms with Crippen LogP contribution in [0.4, 0.5) is 5.82 Å². The van der Waals surface area contributed by atoms with Gasteiger partial charge in [0.25, 0.3) is 11.7 Å². The Morgan fingerprint density at radius 1 is 1.24 bits per heavy atom. The van der Waals surface area contributed by atoms with Gasteiger partial charge in [-0.1, -0.05) is 6.07 Å². The highest BCUT2D eigenvalue weighted by Crippen LogP contribution is 2.34. The molecule has 0 radical (unpaired) electrons. The highest BCUT2D eigenvalue weighted by Gasteiger charge is 2.30. The van der Waals surface area contributed by atoms with Crippen molar-refractivity contribution in [3.63, 3.8) is 0 Å². The summed E-state index contributed by atoms with van der Waals surface area (Å²) in [5.41, 5.74) is 16.1. The van der Waals surface area contributed by atoms with Crippen LogP contribution in [0.25, 0.3) is 32.8 Å². The van der Waals surface area contributed by atoms with E-state index in [1.165, 1.54) is 0 Å². The van der Waals surface area contributed by atoms with Crippen LogP contribution in [-0.2, 0) is 0 Å². The van der Waals surface area contributed by atoms with Crippen LogP contribution in [0.1, 0.15) is 15.9 Å². The smallest absolute Gasteiger partial charge is 0.291 e. The zero-order valence-corrected chi connectivity index (χ0v) is 13.3. The summed E-state index contributed by atoms with van der Waals surface area (Å²) >= 11 is 0. The van der Waals surface area contributed by atoms with Crippen molar-refractivity contribution in [2.75, 3.05) is 5.73 Å². The number of anilines is 1. The molecule has 1 amide bonds. The van der Waals surface area contributed by atoms with Crippen molar-refractivity contribution < 1.29 is 14.3 Å². The maximum Gasteiger partial charge on any atom is 0.291 e. The number of nitrogen functional groups attached to an aromatic ring is 1. The summed E-state index contributed by atoms with van der Waals surface area (Å²) in [4.78, 5) is 16.3. The van der Waals surface area contributed by atoms with Gasteiger partial charge in [0.05, 0.1) is 11.8 Å². The normalized spacial score (nSPS) is 12.0. The molecule has 3 aromatic heterocycles. The topological polar surface area (TPSA) is 111 Å². The number of phenols is 1. The average Bonchev–Trinajstić information content (AvgIpc) is 2.90. The van der Waals surface area contributed by atoms with Gasteiger partial charge in [-0.05, 0) is 25.1 Å². The molecule has 0 spiro atoms. The van der Waals surface area contributed by atoms with E-state index in [0.717, 1.165) is 21.9 Å². The number of hydrogen-bond acceptors (Lipinski definition) is 4. The third-order valence-electron chi connectivity index (χ3n) is 4.92. The minimum Gasteiger partial charge on any atom is -0.508 e. The molecular weight excluding hydrogens is 318 g/mol. The highest BCUT2D eigenvalue weighted by molar-refractivity contribution is 6.15. The van der Waals surface area contributed by atoms with Crippen LogP contribution >= 0.6 is 0 Å². The fraction of sp³-hybridized carbons (Fsp3) is 0.0556. The molecule has 0 aliphatic carbocycles. The molecule has 0 saturated heterocycles. The van der Waals surface area contributed by atoms with Gasteiger partial charge in [0.2, 0.25) is 0 Å². The number of carbonyl (C=O) groups excluding carboxylic acids is 1. The molecule has 0 aliphatic rings. The molecule has 0 bridgehead atoms. The molecule has 7 nitrogen and oxygen atoms in total. The lowest BCUT2D eigenvalue weighted by Crippen LogP contribution is -2.28. The molecule has 0 fully saturated rings. The number of rotatable bonds is 1. The van der Waals surface area contributed by atoms with E-state index in [1.54, 1.807) is 18.6 Å². The Balaban J connectivity index is 2.29. The molecule has 5 aromatic rings. The van der Waals surface area contributed by atoms with Gasteiger partial charge in [-0.15, -0.1) is 0 Å². The van der Waals surface area contributed by atoms with Crippen LogP contribution in [0.5, 0.6) is 5.75 Å². The first-order valence-electron chi connectivity index (χ1n) is 7.76. The van der Waals surface area contributed by atoms with Crippen molar-refractivity contribution in [3.8, 4) is 5.75 Å². The zero-order chi connectivity index (χ0) is 17.5. The van der Waals surface area contributed by atoms with Gasteiger partial charge in [0.15, 0.2) is 11.0 Å². The number of aromatic hydroxyl groups is 1. The Morgan fingerprint density at radius 2 is 2.04 bits per heavy atom. The standard InChI is InChI=1S/C18H13N5O2/c1-8-12(24)5-4-11-14(8)23-16-10(13(17(23)19)18(20)25)3-2-9-6-21-7-22(11)15(9)16/h2-7,19H,1H3,(H3,20,24,25)/p+1. The molecule has 5 N–H and O–H groups in total. The van der Waals surface area contributed by atoms with Gasteiger partial charge in [0.1, 0.15) is 16.8 Å². The van der Waals surface area contributed by atoms with Gasteiger partial charge in [0, 0.05) is 22.5 Å². The van der Waals surface area contributed by atoms with Crippen LogP contribution < -0.4 is 15.9 Å². The van der Waals surface area contributed by atoms with Crippen molar-refractivity contribution in [1.29, 1.82) is 0 Å². The van der Waals surface area contributed by atoms with Gasteiger partial charge in [-0.25, -0.2) is 4.98 Å². The molecule has 0 aliphatic heterocycles. The van der Waals surface area contributed by atoms with E-state index in [4.69, 9.17) is 11.5 Å². The molecule has 2 aromatic carbocycles. The number of hydrogen-bond donors (Lipinski definition) is 3. The molecular formula is C18H14N5O2+.